The normalized spacial score (nSPS) is 39.8. The number of carbonyl (C=O) groups is 2. The second-order valence-electron chi connectivity index (χ2n) is 9.86. The smallest absolute Gasteiger partial charge is 0.337 e. The minimum atomic E-state index is -0.850. The predicted octanol–water partition coefficient (Wildman–Crippen LogP) is 2.74. The van der Waals surface area contributed by atoms with Crippen LogP contribution in [0.3, 0.4) is 0 Å². The Bertz CT molecular complexity index is 1080. The number of hydrogen-bond acceptors (Lipinski definition) is 8. The third-order valence-electron chi connectivity index (χ3n) is 8.07. The molecule has 7 atom stereocenters. The molecule has 0 N–H and O–H groups in total. The Labute approximate surface area is 191 Å². The Morgan fingerprint density at radius 1 is 1.15 bits per heavy atom. The molecule has 0 bridgehead atoms. The van der Waals surface area contributed by atoms with Gasteiger partial charge in [-0.25, -0.2) is 4.79 Å². The number of oxime groups is 1. The van der Waals surface area contributed by atoms with Gasteiger partial charge in [-0.15, -0.1) is 0 Å². The van der Waals surface area contributed by atoms with E-state index in [-0.39, 0.29) is 30.1 Å². The lowest BCUT2D eigenvalue weighted by atomic mass is 9.60. The number of ketones is 1. The monoisotopic (exact) mass is 453 g/mol. The summed E-state index contributed by atoms with van der Waals surface area (Å²) in [6.45, 7) is 6.58. The van der Waals surface area contributed by atoms with E-state index < -0.39 is 23.2 Å². The zero-order valence-electron chi connectivity index (χ0n) is 19.1. The van der Waals surface area contributed by atoms with Crippen molar-refractivity contribution in [1.82, 2.24) is 0 Å². The molecule has 4 fully saturated rings. The molecule has 2 saturated heterocycles. The molecule has 0 aromatic heterocycles. The molecule has 1 unspecified atom stereocenters. The topological polar surface area (TPSA) is 99.2 Å². The van der Waals surface area contributed by atoms with E-state index in [1.54, 1.807) is 12.1 Å². The number of methoxy groups -OCH3 is 1. The van der Waals surface area contributed by atoms with Gasteiger partial charge in [-0.05, 0) is 51.3 Å². The summed E-state index contributed by atoms with van der Waals surface area (Å²) >= 11 is 0. The summed E-state index contributed by atoms with van der Waals surface area (Å²) in [5, 5.41) is 4.46. The number of benzene rings is 1. The number of epoxide rings is 2. The predicted molar refractivity (Wildman–Crippen MR) is 116 cm³/mol. The minimum absolute atomic E-state index is 0.0162. The van der Waals surface area contributed by atoms with Crippen molar-refractivity contribution in [2.24, 2.45) is 10.6 Å². The van der Waals surface area contributed by atoms with Gasteiger partial charge in [0.25, 0.3) is 0 Å². The molecule has 3 aliphatic heterocycles. The standard InChI is InChI=1S/C25H27NO7/c1-12(2)16-9-17(30-11-14-5-7-15(8-6-14)23(28)29-4)24(10-16)13(3)26-33-25(24)21-19(31-21)18(27)20-22(25)32-20/h5-8,17,19-22H,9-11H2,1-4H3/t17-,19-,20+,21-,22+,24+,25?/m1/s1. The van der Waals surface area contributed by atoms with E-state index >= 15 is 0 Å². The van der Waals surface area contributed by atoms with Gasteiger partial charge in [-0.1, -0.05) is 28.4 Å². The lowest BCUT2D eigenvalue weighted by Crippen LogP contribution is -2.64. The number of Topliss-reactive ketones (excluding diaryl/α,β-unsaturated/α-hetero) is 1. The highest BCUT2D eigenvalue weighted by molar-refractivity contribution is 5.98. The van der Waals surface area contributed by atoms with Gasteiger partial charge in [0.05, 0.1) is 36.5 Å². The van der Waals surface area contributed by atoms with Crippen molar-refractivity contribution in [2.75, 3.05) is 7.11 Å². The molecule has 2 saturated carbocycles. The van der Waals surface area contributed by atoms with Crippen LogP contribution in [0, 0.1) is 5.41 Å². The molecular formula is C25H27NO7. The second-order valence-corrected chi connectivity index (χ2v) is 9.86. The van der Waals surface area contributed by atoms with E-state index in [0.717, 1.165) is 24.1 Å². The van der Waals surface area contributed by atoms with Crippen LogP contribution in [0.2, 0.25) is 0 Å². The first-order valence-corrected chi connectivity index (χ1v) is 11.4. The van der Waals surface area contributed by atoms with Crippen molar-refractivity contribution in [3.8, 4) is 0 Å². The number of allylic oxidation sites excluding steroid dienone is 1. The van der Waals surface area contributed by atoms with Gasteiger partial charge in [0.15, 0.2) is 5.78 Å². The third-order valence-corrected chi connectivity index (χ3v) is 8.07. The minimum Gasteiger partial charge on any atom is -0.465 e. The van der Waals surface area contributed by atoms with Crippen molar-refractivity contribution < 1.29 is 33.4 Å². The molecular weight excluding hydrogens is 426 g/mol. The second kappa shape index (κ2) is 6.98. The molecule has 3 heterocycles. The molecule has 2 spiro atoms. The van der Waals surface area contributed by atoms with Gasteiger partial charge in [-0.3, -0.25) is 4.79 Å². The van der Waals surface area contributed by atoms with Crippen molar-refractivity contribution in [2.45, 2.75) is 76.3 Å². The maximum atomic E-state index is 12.5. The summed E-state index contributed by atoms with van der Waals surface area (Å²) in [6.07, 6.45) is -0.402. The van der Waals surface area contributed by atoms with Crippen LogP contribution in [0.5, 0.6) is 0 Å². The summed E-state index contributed by atoms with van der Waals surface area (Å²) in [6, 6.07) is 7.22. The van der Waals surface area contributed by atoms with E-state index in [9.17, 15) is 9.59 Å². The van der Waals surface area contributed by atoms with Crippen LogP contribution in [0.25, 0.3) is 0 Å². The van der Waals surface area contributed by atoms with Gasteiger partial charge in [0.2, 0.25) is 5.60 Å². The Hall–Kier alpha value is -2.55. The van der Waals surface area contributed by atoms with E-state index in [1.165, 1.54) is 18.3 Å². The molecule has 6 rings (SSSR count). The highest BCUT2D eigenvalue weighted by Gasteiger charge is 2.87. The van der Waals surface area contributed by atoms with Gasteiger partial charge in [0, 0.05) is 0 Å². The summed E-state index contributed by atoms with van der Waals surface area (Å²) < 4.78 is 23.1. The van der Waals surface area contributed by atoms with Crippen LogP contribution in [0.15, 0.2) is 40.6 Å². The zero-order valence-corrected chi connectivity index (χ0v) is 19.1. The van der Waals surface area contributed by atoms with Crippen molar-refractivity contribution in [1.29, 1.82) is 0 Å². The van der Waals surface area contributed by atoms with E-state index in [1.807, 2.05) is 19.1 Å². The Morgan fingerprint density at radius 2 is 1.82 bits per heavy atom. The number of esters is 1. The van der Waals surface area contributed by atoms with Gasteiger partial charge < -0.3 is 23.8 Å². The fourth-order valence-electron chi connectivity index (χ4n) is 6.14. The maximum absolute atomic E-state index is 12.5. The molecule has 0 radical (unpaired) electrons. The van der Waals surface area contributed by atoms with Crippen LogP contribution in [0.4, 0.5) is 0 Å². The van der Waals surface area contributed by atoms with Crippen molar-refractivity contribution >= 4 is 17.5 Å². The van der Waals surface area contributed by atoms with E-state index in [0.29, 0.717) is 12.2 Å². The molecule has 5 aliphatic rings. The molecule has 1 aromatic rings. The average Bonchev–Trinajstić information content (AvgIpc) is 3.73. The first-order chi connectivity index (χ1) is 15.8. The van der Waals surface area contributed by atoms with Crippen LogP contribution in [-0.2, 0) is 35.2 Å². The summed E-state index contributed by atoms with van der Waals surface area (Å²) in [4.78, 5) is 30.4. The summed E-state index contributed by atoms with van der Waals surface area (Å²) in [5.74, 6) is -0.352. The average molecular weight is 453 g/mol. The van der Waals surface area contributed by atoms with Gasteiger partial charge in [0.1, 0.15) is 24.4 Å². The highest BCUT2D eigenvalue weighted by atomic mass is 16.7. The number of rotatable bonds is 4. The lowest BCUT2D eigenvalue weighted by molar-refractivity contribution is -0.155. The molecule has 8 nitrogen and oxygen atoms in total. The summed E-state index contributed by atoms with van der Waals surface area (Å²) in [5.41, 5.74) is 3.46. The molecule has 1 aromatic carbocycles. The Kier molecular flexibility index (Phi) is 4.44. The number of hydrogen-bond donors (Lipinski definition) is 0. The molecule has 8 heteroatoms. The fraction of sp³-hybridized carbons (Fsp3) is 0.560. The molecule has 0 amide bonds. The molecule has 2 aliphatic carbocycles. The quantitative estimate of drug-likeness (QED) is 0.393. The molecule has 174 valence electrons. The number of fused-ring (bicyclic) bond motifs is 5. The zero-order chi connectivity index (χ0) is 23.1. The van der Waals surface area contributed by atoms with Crippen LogP contribution in [0.1, 0.15) is 49.5 Å². The Morgan fingerprint density at radius 3 is 2.42 bits per heavy atom. The number of nitrogens with zero attached hydrogens (tertiary/aromatic N) is 1. The molecule has 33 heavy (non-hydrogen) atoms. The van der Waals surface area contributed by atoms with Crippen molar-refractivity contribution in [3.05, 3.63) is 46.5 Å². The fourth-order valence-corrected chi connectivity index (χ4v) is 6.14. The highest BCUT2D eigenvalue weighted by Crippen LogP contribution is 2.67. The van der Waals surface area contributed by atoms with Crippen LogP contribution >= 0.6 is 0 Å². The Balaban J connectivity index is 1.33. The maximum Gasteiger partial charge on any atom is 0.337 e. The van der Waals surface area contributed by atoms with E-state index in [2.05, 4.69) is 19.0 Å². The van der Waals surface area contributed by atoms with Crippen molar-refractivity contribution in [3.63, 3.8) is 0 Å². The van der Waals surface area contributed by atoms with E-state index in [4.69, 9.17) is 23.8 Å². The van der Waals surface area contributed by atoms with Crippen LogP contribution < -0.4 is 0 Å². The lowest BCUT2D eigenvalue weighted by Gasteiger charge is -2.43. The number of ether oxygens (including phenoxy) is 4. The summed E-state index contributed by atoms with van der Waals surface area (Å²) in [7, 11) is 1.37. The largest absolute Gasteiger partial charge is 0.465 e. The van der Waals surface area contributed by atoms with Gasteiger partial charge in [-0.2, -0.15) is 0 Å². The number of carbonyl (C=O) groups excluding carboxylic acids is 2. The third kappa shape index (κ3) is 2.71. The van der Waals surface area contributed by atoms with Crippen LogP contribution in [-0.4, -0.2) is 60.7 Å². The first-order valence-electron chi connectivity index (χ1n) is 11.4. The SMILES string of the molecule is COC(=O)c1ccc(CO[C@@H]2CC(=C(C)C)C[C@]23C(C)=NOC32[C@@H]3O[C@@H]3C(=O)[C@@H]3O[C@@H]32)cc1. The first kappa shape index (κ1) is 21.0. The van der Waals surface area contributed by atoms with Gasteiger partial charge >= 0.3 is 5.97 Å².